The van der Waals surface area contributed by atoms with Gasteiger partial charge in [0.05, 0.1) is 0 Å². The molecule has 2 aromatic heterocycles. The van der Waals surface area contributed by atoms with Gasteiger partial charge in [-0.2, -0.15) is 0 Å². The third kappa shape index (κ3) is 4.09. The van der Waals surface area contributed by atoms with Crippen LogP contribution in [0, 0.1) is 13.8 Å². The second-order valence-electron chi connectivity index (χ2n) is 11.0. The predicted molar refractivity (Wildman–Crippen MR) is 178 cm³/mol. The van der Waals surface area contributed by atoms with Gasteiger partial charge < -0.3 is 0 Å². The molecule has 42 heavy (non-hydrogen) atoms. The summed E-state index contributed by atoms with van der Waals surface area (Å²) < 4.78 is 4.25. The van der Waals surface area contributed by atoms with Crippen LogP contribution in [0.3, 0.4) is 0 Å². The van der Waals surface area contributed by atoms with Crippen molar-refractivity contribution >= 4 is 82.3 Å². The minimum atomic E-state index is -4.73. The van der Waals surface area contributed by atoms with Gasteiger partial charge >= 0.3 is 259 Å². The predicted octanol–water partition coefficient (Wildman–Crippen LogP) is 6.28. The third-order valence-corrected chi connectivity index (χ3v) is 19.2. The van der Waals surface area contributed by atoms with E-state index in [0.717, 1.165) is 95.9 Å². The normalized spacial score (nSPS) is 18.1. The van der Waals surface area contributed by atoms with E-state index >= 15 is 0 Å². The van der Waals surface area contributed by atoms with Crippen LogP contribution >= 0.6 is 17.8 Å². The van der Waals surface area contributed by atoms with Gasteiger partial charge in [-0.1, -0.05) is 0 Å². The van der Waals surface area contributed by atoms with Crippen LogP contribution < -0.4 is 10.7 Å². The number of carboxylic acid groups (broad SMARTS) is 1. The Labute approximate surface area is 257 Å². The summed E-state index contributed by atoms with van der Waals surface area (Å²) in [5.41, 5.74) is 13.1. The van der Waals surface area contributed by atoms with Gasteiger partial charge in [-0.15, -0.1) is 0 Å². The molecule has 6 heterocycles. The molecule has 2 aromatic rings. The quantitative estimate of drug-likeness (QED) is 0.360. The molecule has 0 amide bonds. The number of rotatable bonds is 6. The fraction of sp³-hybridized carbons (Fsp3) is 0.242. The van der Waals surface area contributed by atoms with E-state index < -0.39 is 22.6 Å². The molecule has 1 N–H and O–H groups in total. The fourth-order valence-electron chi connectivity index (χ4n) is 6.62. The maximum atomic E-state index is 11.8. The van der Waals surface area contributed by atoms with Gasteiger partial charge in [0.1, 0.15) is 0 Å². The summed E-state index contributed by atoms with van der Waals surface area (Å²) in [5, 5.41) is 11.3. The van der Waals surface area contributed by atoms with Crippen molar-refractivity contribution in [1.29, 1.82) is 0 Å². The van der Waals surface area contributed by atoms with Crippen molar-refractivity contribution < 1.29 is 9.90 Å². The first-order chi connectivity index (χ1) is 19.9. The standard InChI is InChI=1S/C33H33N4O2.2ClH.Sn/c1-8-21-17(4)25-13-26-18(5)23(10-3)31(35-26)16-32-24(11-12-33(38)39)20(7)28(37-32)15-30-22(9-2)19(6)27(36-30)14-29(21)34-25;;;/h8-9,13-16H,1-2,10-12H2,3-7H3,(H2-,34,35,36,37,38,39);2*1H;/q-1;;;+4/p-3. The Morgan fingerprint density at radius 3 is 2.19 bits per heavy atom. The van der Waals surface area contributed by atoms with E-state index in [1.54, 1.807) is 0 Å². The van der Waals surface area contributed by atoms with Crippen LogP contribution in [-0.4, -0.2) is 44.7 Å². The van der Waals surface area contributed by atoms with Crippen LogP contribution in [0.25, 0.3) is 30.4 Å². The second-order valence-corrected chi connectivity index (χ2v) is 24.8. The second kappa shape index (κ2) is 10.3. The SMILES string of the molecule is C=CC1=C(C)C2=Cc3c(C=C)c(C)c4[n]3[Sn]([Cl])([Cl])[n]3c(c(C)c(CCC(=O)O)c3=CC3=NC(=C4)C(C)=C3CC)=CC1=N2. The van der Waals surface area contributed by atoms with Crippen LogP contribution in [0.1, 0.15) is 67.3 Å². The van der Waals surface area contributed by atoms with Gasteiger partial charge in [-0.3, -0.25) is 0 Å². The number of aliphatic carboxylic acids is 1. The summed E-state index contributed by atoms with van der Waals surface area (Å²) in [4.78, 5) is 22.0. The topological polar surface area (TPSA) is 71.9 Å². The first-order valence-electron chi connectivity index (χ1n) is 14.0. The number of allylic oxidation sites excluding steroid dienone is 5. The van der Waals surface area contributed by atoms with Crippen LogP contribution in [0.4, 0.5) is 0 Å². The first-order valence-corrected chi connectivity index (χ1v) is 23.8. The molecule has 6 bridgehead atoms. The molecule has 214 valence electrons. The molecule has 4 aliphatic heterocycles. The molecule has 0 aromatic carbocycles. The molecule has 0 atom stereocenters. The van der Waals surface area contributed by atoms with Crippen molar-refractivity contribution in [1.82, 2.24) is 5.58 Å². The molecular formula is C33H32Cl2N4O2Sn. The minimum absolute atomic E-state index is 0.0192. The van der Waals surface area contributed by atoms with Gasteiger partial charge in [0.2, 0.25) is 0 Å². The van der Waals surface area contributed by atoms with Gasteiger partial charge in [0.15, 0.2) is 0 Å². The van der Waals surface area contributed by atoms with Crippen LogP contribution in [0.15, 0.2) is 62.9 Å². The molecule has 4 aliphatic rings. The van der Waals surface area contributed by atoms with Crippen LogP contribution in [0.2, 0.25) is 0 Å². The fourth-order valence-corrected chi connectivity index (χ4v) is 17.8. The monoisotopic (exact) mass is 706 g/mol. The average Bonchev–Trinajstić information content (AvgIpc) is 3.57. The van der Waals surface area contributed by atoms with E-state index in [-0.39, 0.29) is 6.42 Å². The summed E-state index contributed by atoms with van der Waals surface area (Å²) in [7, 11) is 15.7. The summed E-state index contributed by atoms with van der Waals surface area (Å²) in [5.74, 6) is -0.861. The van der Waals surface area contributed by atoms with E-state index in [4.69, 9.17) is 27.8 Å². The maximum absolute atomic E-state index is 11.8. The van der Waals surface area contributed by atoms with E-state index in [1.807, 2.05) is 32.1 Å². The van der Waals surface area contributed by atoms with E-state index in [1.165, 1.54) is 0 Å². The average molecular weight is 706 g/mol. The van der Waals surface area contributed by atoms with Crippen molar-refractivity contribution in [2.75, 3.05) is 0 Å². The number of carbonyl (C=O) groups is 1. The van der Waals surface area contributed by atoms with Gasteiger partial charge in [-0.05, 0) is 0 Å². The molecule has 0 saturated heterocycles. The molecule has 6 nitrogen and oxygen atoms in total. The number of fused-ring (bicyclic) bond motifs is 2. The van der Waals surface area contributed by atoms with Gasteiger partial charge in [0.25, 0.3) is 0 Å². The molecule has 9 heteroatoms. The zero-order valence-electron chi connectivity index (χ0n) is 24.4. The van der Waals surface area contributed by atoms with Crippen molar-refractivity contribution in [3.63, 3.8) is 0 Å². The third-order valence-electron chi connectivity index (χ3n) is 8.85. The summed E-state index contributed by atoms with van der Waals surface area (Å²) in [6.07, 6.45) is 13.1. The Morgan fingerprint density at radius 2 is 1.55 bits per heavy atom. The van der Waals surface area contributed by atoms with Crippen molar-refractivity contribution in [2.45, 2.75) is 53.9 Å². The summed E-state index contributed by atoms with van der Waals surface area (Å²) in [6, 6.07) is 0. The van der Waals surface area contributed by atoms with E-state index in [2.05, 4.69) is 57.7 Å². The number of aromatic nitrogens is 2. The Bertz CT molecular complexity index is 1990. The van der Waals surface area contributed by atoms with Crippen molar-refractivity contribution in [3.8, 4) is 0 Å². The number of aliphatic imine (C=N–C) groups is 2. The number of hydrogen-bond donors (Lipinski definition) is 1. The number of halogens is 2. The molecule has 6 rings (SSSR count). The molecule has 0 saturated carbocycles. The summed E-state index contributed by atoms with van der Waals surface area (Å²) in [6.45, 7) is 18.6. The van der Waals surface area contributed by atoms with Crippen molar-refractivity contribution in [3.05, 3.63) is 97.3 Å². The Kier molecular flexibility index (Phi) is 7.10. The van der Waals surface area contributed by atoms with Gasteiger partial charge in [-0.25, -0.2) is 0 Å². The van der Waals surface area contributed by atoms with E-state index in [0.29, 0.717) is 6.42 Å². The number of hydrogen-bond acceptors (Lipinski definition) is 3. The molecule has 0 fully saturated rings. The van der Waals surface area contributed by atoms with Crippen molar-refractivity contribution in [2.24, 2.45) is 9.98 Å². The Morgan fingerprint density at radius 1 is 0.905 bits per heavy atom. The zero-order chi connectivity index (χ0) is 30.2. The van der Waals surface area contributed by atoms with Crippen LogP contribution in [0.5, 0.6) is 0 Å². The number of carboxylic acids is 1. The zero-order valence-corrected chi connectivity index (χ0v) is 28.8. The number of nitrogens with zero attached hydrogens (tertiary/aromatic N) is 4. The first kappa shape index (κ1) is 29.0. The molecule has 0 aliphatic carbocycles. The molecule has 0 unspecified atom stereocenters. The Balaban J connectivity index is 1.92. The van der Waals surface area contributed by atoms with Gasteiger partial charge in [0, 0.05) is 0 Å². The molecular weight excluding hydrogens is 674 g/mol. The van der Waals surface area contributed by atoms with Crippen LogP contribution in [-0.2, 0) is 11.2 Å². The Hall–Kier alpha value is -3.07. The molecule has 0 spiro atoms. The summed E-state index contributed by atoms with van der Waals surface area (Å²) >= 11 is -4.73. The van der Waals surface area contributed by atoms with E-state index in [9.17, 15) is 9.90 Å². The molecule has 0 radical (unpaired) electrons.